The Morgan fingerprint density at radius 1 is 1.25 bits per heavy atom. The van der Waals surface area contributed by atoms with Gasteiger partial charge in [0.1, 0.15) is 5.82 Å². The second-order valence-corrected chi connectivity index (χ2v) is 3.54. The third kappa shape index (κ3) is 1.75. The molecule has 78 valence electrons. The van der Waals surface area contributed by atoms with E-state index >= 15 is 0 Å². The molecule has 1 heterocycles. The van der Waals surface area contributed by atoms with Gasteiger partial charge in [-0.1, -0.05) is 23.7 Å². The molecule has 2 nitrogen and oxygen atoms in total. The molecule has 0 atom stereocenters. The molecule has 0 saturated carbocycles. The van der Waals surface area contributed by atoms with E-state index in [0.29, 0.717) is 11.1 Å². The molecule has 4 heteroatoms. The molecule has 0 aliphatic heterocycles. The van der Waals surface area contributed by atoms with Gasteiger partial charge in [0.2, 0.25) is 0 Å². The van der Waals surface area contributed by atoms with Crippen LogP contribution in [-0.2, 0) is 0 Å². The van der Waals surface area contributed by atoms with Crippen LogP contribution in [-0.4, -0.2) is 4.98 Å². The fourth-order valence-electron chi connectivity index (χ4n) is 1.42. The zero-order chi connectivity index (χ0) is 11.5. The monoisotopic (exact) mass is 232 g/mol. The Morgan fingerprint density at radius 3 is 2.81 bits per heavy atom. The lowest BCUT2D eigenvalue weighted by molar-refractivity contribution is 0.631. The molecule has 0 amide bonds. The second-order valence-electron chi connectivity index (χ2n) is 3.13. The minimum absolute atomic E-state index is 0.0326. The second kappa shape index (κ2) is 4.30. The Labute approximate surface area is 96.9 Å². The summed E-state index contributed by atoms with van der Waals surface area (Å²) in [5.41, 5.74) is 1.11. The van der Waals surface area contributed by atoms with Crippen LogP contribution in [0.5, 0.6) is 0 Å². The highest BCUT2D eigenvalue weighted by Gasteiger charge is 2.11. The van der Waals surface area contributed by atoms with Crippen molar-refractivity contribution in [2.75, 3.05) is 0 Å². The van der Waals surface area contributed by atoms with E-state index in [2.05, 4.69) is 4.98 Å². The fraction of sp³-hybridized carbons (Fsp3) is 0. The van der Waals surface area contributed by atoms with Gasteiger partial charge in [-0.2, -0.15) is 5.26 Å². The number of aromatic nitrogens is 1. The summed E-state index contributed by atoms with van der Waals surface area (Å²) in [6.45, 7) is 0. The van der Waals surface area contributed by atoms with Crippen LogP contribution < -0.4 is 0 Å². The normalized spacial score (nSPS) is 9.81. The minimum Gasteiger partial charge on any atom is -0.264 e. The van der Waals surface area contributed by atoms with Crippen molar-refractivity contribution in [3.05, 3.63) is 53.1 Å². The zero-order valence-electron chi connectivity index (χ0n) is 8.11. The molecule has 16 heavy (non-hydrogen) atoms. The number of benzene rings is 1. The predicted octanol–water partition coefficient (Wildman–Crippen LogP) is 3.41. The van der Waals surface area contributed by atoms with E-state index in [1.165, 1.54) is 24.5 Å². The highest BCUT2D eigenvalue weighted by atomic mass is 35.5. The molecule has 0 unspecified atom stereocenters. The lowest BCUT2D eigenvalue weighted by Gasteiger charge is -2.05. The summed E-state index contributed by atoms with van der Waals surface area (Å²) in [5.74, 6) is -0.534. The number of pyridine rings is 1. The van der Waals surface area contributed by atoms with Crippen molar-refractivity contribution in [3.63, 3.8) is 0 Å². The summed E-state index contributed by atoms with van der Waals surface area (Å²) in [6.07, 6.45) is 2.94. The maximum absolute atomic E-state index is 13.7. The molecule has 0 aliphatic rings. The first-order valence-corrected chi connectivity index (χ1v) is 4.90. The quantitative estimate of drug-likeness (QED) is 0.756. The van der Waals surface area contributed by atoms with Gasteiger partial charge in [-0.05, 0) is 12.1 Å². The topological polar surface area (TPSA) is 36.7 Å². The molecule has 1 aromatic carbocycles. The Bertz CT molecular complexity index is 575. The van der Waals surface area contributed by atoms with E-state index < -0.39 is 5.82 Å². The zero-order valence-corrected chi connectivity index (χ0v) is 8.87. The first-order chi connectivity index (χ1) is 7.74. The van der Waals surface area contributed by atoms with Crippen molar-refractivity contribution in [3.8, 4) is 17.2 Å². The first kappa shape index (κ1) is 10.6. The molecule has 0 N–H and O–H groups in total. The summed E-state index contributed by atoms with van der Waals surface area (Å²) in [6, 6.07) is 8.19. The molecule has 0 aliphatic carbocycles. The fourth-order valence-corrected chi connectivity index (χ4v) is 1.59. The average Bonchev–Trinajstić information content (AvgIpc) is 2.33. The van der Waals surface area contributed by atoms with Gasteiger partial charge in [-0.15, -0.1) is 0 Å². The Hall–Kier alpha value is -1.92. The van der Waals surface area contributed by atoms with Crippen molar-refractivity contribution < 1.29 is 4.39 Å². The largest absolute Gasteiger partial charge is 0.264 e. The van der Waals surface area contributed by atoms with E-state index in [4.69, 9.17) is 16.9 Å². The third-order valence-corrected chi connectivity index (χ3v) is 2.48. The van der Waals surface area contributed by atoms with Crippen LogP contribution in [0.15, 0.2) is 36.7 Å². The highest BCUT2D eigenvalue weighted by molar-refractivity contribution is 6.31. The van der Waals surface area contributed by atoms with Gasteiger partial charge in [0.05, 0.1) is 16.7 Å². The minimum atomic E-state index is -0.534. The lowest BCUT2D eigenvalue weighted by Crippen LogP contribution is -1.90. The van der Waals surface area contributed by atoms with Gasteiger partial charge in [0.25, 0.3) is 0 Å². The van der Waals surface area contributed by atoms with Gasteiger partial charge in [0, 0.05) is 23.5 Å². The van der Waals surface area contributed by atoms with Crippen molar-refractivity contribution in [2.24, 2.45) is 0 Å². The van der Waals surface area contributed by atoms with Crippen molar-refractivity contribution in [1.82, 2.24) is 4.98 Å². The van der Waals surface area contributed by atoms with Gasteiger partial charge in [-0.3, -0.25) is 4.98 Å². The van der Waals surface area contributed by atoms with Crippen LogP contribution in [0.25, 0.3) is 11.1 Å². The van der Waals surface area contributed by atoms with Crippen LogP contribution in [0.3, 0.4) is 0 Å². The molecule has 0 saturated heterocycles. The number of nitrogens with zero attached hydrogens (tertiary/aromatic N) is 2. The molecule has 2 aromatic rings. The van der Waals surface area contributed by atoms with Crippen LogP contribution >= 0.6 is 11.6 Å². The van der Waals surface area contributed by atoms with E-state index in [0.717, 1.165) is 0 Å². The third-order valence-electron chi connectivity index (χ3n) is 2.18. The molecule has 2 rings (SSSR count). The van der Waals surface area contributed by atoms with Crippen molar-refractivity contribution in [1.29, 1.82) is 5.26 Å². The van der Waals surface area contributed by atoms with Gasteiger partial charge in [0.15, 0.2) is 0 Å². The van der Waals surface area contributed by atoms with Crippen LogP contribution in [0.4, 0.5) is 4.39 Å². The Kier molecular flexibility index (Phi) is 2.84. The first-order valence-electron chi connectivity index (χ1n) is 4.52. The number of hydrogen-bond acceptors (Lipinski definition) is 2. The maximum atomic E-state index is 13.7. The Morgan fingerprint density at radius 2 is 2.06 bits per heavy atom. The number of halogens is 2. The smallest absolute Gasteiger partial charge is 0.149 e. The van der Waals surface area contributed by atoms with E-state index in [1.54, 1.807) is 12.1 Å². The van der Waals surface area contributed by atoms with Gasteiger partial charge in [-0.25, -0.2) is 4.39 Å². The highest BCUT2D eigenvalue weighted by Crippen LogP contribution is 2.28. The summed E-state index contributed by atoms with van der Waals surface area (Å²) >= 11 is 5.68. The molecule has 0 spiro atoms. The predicted molar refractivity (Wildman–Crippen MR) is 59.4 cm³/mol. The molecule has 1 aromatic heterocycles. The SMILES string of the molecule is N#Cc1ccncc1-c1cccc(Cl)c1F. The van der Waals surface area contributed by atoms with E-state index in [-0.39, 0.29) is 10.6 Å². The number of hydrogen-bond donors (Lipinski definition) is 0. The van der Waals surface area contributed by atoms with Gasteiger partial charge >= 0.3 is 0 Å². The van der Waals surface area contributed by atoms with Crippen LogP contribution in [0.1, 0.15) is 5.56 Å². The van der Waals surface area contributed by atoms with Crippen molar-refractivity contribution in [2.45, 2.75) is 0 Å². The number of nitriles is 1. The summed E-state index contributed by atoms with van der Waals surface area (Å²) in [5, 5.41) is 8.94. The van der Waals surface area contributed by atoms with Gasteiger partial charge < -0.3 is 0 Å². The molecule has 0 radical (unpaired) electrons. The van der Waals surface area contributed by atoms with E-state index in [1.807, 2.05) is 6.07 Å². The standard InChI is InChI=1S/C12H6ClFN2/c13-11-3-1-2-9(12(11)14)10-7-16-5-4-8(10)6-15/h1-5,7H. The molecular weight excluding hydrogens is 227 g/mol. The maximum Gasteiger partial charge on any atom is 0.149 e. The average molecular weight is 233 g/mol. The van der Waals surface area contributed by atoms with Crippen molar-refractivity contribution >= 4 is 11.6 Å². The summed E-state index contributed by atoms with van der Waals surface area (Å²) in [7, 11) is 0. The molecular formula is C12H6ClFN2. The van der Waals surface area contributed by atoms with Crippen LogP contribution in [0.2, 0.25) is 5.02 Å². The van der Waals surface area contributed by atoms with Crippen LogP contribution in [0, 0.1) is 17.1 Å². The lowest BCUT2D eigenvalue weighted by atomic mass is 10.0. The number of rotatable bonds is 1. The molecule has 0 fully saturated rings. The summed E-state index contributed by atoms with van der Waals surface area (Å²) in [4.78, 5) is 3.88. The molecule has 0 bridgehead atoms. The van der Waals surface area contributed by atoms with E-state index in [9.17, 15) is 4.39 Å². The summed E-state index contributed by atoms with van der Waals surface area (Å²) < 4.78 is 13.7. The Balaban J connectivity index is 2.69.